The fourth-order valence-corrected chi connectivity index (χ4v) is 3.04. The number of carbonyl (C=O) groups excluding carboxylic acids is 1. The van der Waals surface area contributed by atoms with E-state index in [0.717, 1.165) is 39.3 Å². The molecule has 1 fully saturated rings. The van der Waals surface area contributed by atoms with Crippen molar-refractivity contribution in [2.75, 3.05) is 45.3 Å². The van der Waals surface area contributed by atoms with Gasteiger partial charge in [-0.15, -0.1) is 0 Å². The van der Waals surface area contributed by atoms with Gasteiger partial charge in [-0.25, -0.2) is 0 Å². The number of rotatable bonds is 7. The van der Waals surface area contributed by atoms with E-state index in [-0.39, 0.29) is 17.0 Å². The Hall–Kier alpha value is -2.97. The average Bonchev–Trinajstić information content (AvgIpc) is 2.73. The van der Waals surface area contributed by atoms with E-state index in [1.54, 1.807) is 0 Å². The van der Waals surface area contributed by atoms with Crippen LogP contribution in [-0.2, 0) is 11.2 Å². The Bertz CT molecular complexity index is 832. The summed E-state index contributed by atoms with van der Waals surface area (Å²) in [5.74, 6) is -0.294. The summed E-state index contributed by atoms with van der Waals surface area (Å²) in [5, 5.41) is 13.9. The molecule has 1 aliphatic heterocycles. The molecule has 0 aromatic heterocycles. The molecule has 148 valence electrons. The molecule has 8 nitrogen and oxygen atoms in total. The number of methoxy groups -OCH3 is 1. The van der Waals surface area contributed by atoms with Gasteiger partial charge in [-0.2, -0.15) is 0 Å². The molecular formula is C20H23N3O5. The predicted molar refractivity (Wildman–Crippen MR) is 105 cm³/mol. The second kappa shape index (κ2) is 9.29. The summed E-state index contributed by atoms with van der Waals surface area (Å²) in [5.41, 5.74) is 1.78. The number of nitro groups is 1. The number of carbonyl (C=O) groups is 1. The highest BCUT2D eigenvalue weighted by atomic mass is 16.6. The number of hydrogen-bond acceptors (Lipinski definition) is 6. The van der Waals surface area contributed by atoms with Crippen LogP contribution in [0.2, 0.25) is 0 Å². The first-order chi connectivity index (χ1) is 13.6. The molecule has 0 atom stereocenters. The highest BCUT2D eigenvalue weighted by Gasteiger charge is 2.18. The molecule has 1 saturated heterocycles. The number of nitro benzene ring substituents is 1. The number of benzene rings is 2. The van der Waals surface area contributed by atoms with E-state index in [9.17, 15) is 14.9 Å². The lowest BCUT2D eigenvalue weighted by molar-refractivity contribution is -0.385. The largest absolute Gasteiger partial charge is 0.490 e. The summed E-state index contributed by atoms with van der Waals surface area (Å²) >= 11 is 0. The fourth-order valence-electron chi connectivity index (χ4n) is 3.04. The summed E-state index contributed by atoms with van der Waals surface area (Å²) in [6.45, 7) is 4.47. The van der Waals surface area contributed by atoms with Crippen LogP contribution in [0.15, 0.2) is 42.5 Å². The Morgan fingerprint density at radius 1 is 1.21 bits per heavy atom. The molecular weight excluding hydrogens is 362 g/mol. The molecule has 3 rings (SSSR count). The first-order valence-electron chi connectivity index (χ1n) is 9.09. The second-order valence-electron chi connectivity index (χ2n) is 6.50. The van der Waals surface area contributed by atoms with Crippen molar-refractivity contribution in [2.45, 2.75) is 6.42 Å². The Morgan fingerprint density at radius 2 is 1.93 bits per heavy atom. The van der Waals surface area contributed by atoms with Crippen LogP contribution in [0.5, 0.6) is 5.75 Å². The van der Waals surface area contributed by atoms with E-state index in [1.165, 1.54) is 30.9 Å². The quantitative estimate of drug-likeness (QED) is 0.582. The van der Waals surface area contributed by atoms with Gasteiger partial charge in [0.15, 0.2) is 5.75 Å². The normalized spacial score (nSPS) is 14.5. The van der Waals surface area contributed by atoms with Crippen LogP contribution in [0.4, 0.5) is 11.4 Å². The van der Waals surface area contributed by atoms with Crippen molar-refractivity contribution in [3.8, 4) is 5.75 Å². The number of morpholine rings is 1. The maximum absolute atomic E-state index is 12.4. The van der Waals surface area contributed by atoms with Crippen LogP contribution >= 0.6 is 0 Å². The van der Waals surface area contributed by atoms with Crippen LogP contribution in [-0.4, -0.2) is 55.7 Å². The summed E-state index contributed by atoms with van der Waals surface area (Å²) in [6.07, 6.45) is 0.929. The van der Waals surface area contributed by atoms with Crippen molar-refractivity contribution in [3.05, 3.63) is 63.7 Å². The van der Waals surface area contributed by atoms with Crippen LogP contribution in [0, 0.1) is 10.1 Å². The summed E-state index contributed by atoms with van der Waals surface area (Å²) in [6, 6.07) is 11.8. The highest BCUT2D eigenvalue weighted by molar-refractivity contribution is 6.04. The standard InChI is InChI=1S/C20H23N3O5/c1-27-19-7-4-16(14-18(19)23(25)26)20(24)21-17-5-2-15(3-6-17)8-9-22-10-12-28-13-11-22/h2-7,14H,8-13H2,1H3,(H,21,24). The third kappa shape index (κ3) is 5.05. The lowest BCUT2D eigenvalue weighted by atomic mass is 10.1. The van der Waals surface area contributed by atoms with Gasteiger partial charge in [-0.05, 0) is 36.2 Å². The minimum absolute atomic E-state index is 0.117. The third-order valence-electron chi connectivity index (χ3n) is 4.67. The number of nitrogens with zero attached hydrogens (tertiary/aromatic N) is 2. The molecule has 1 heterocycles. The van der Waals surface area contributed by atoms with Gasteiger partial charge in [0.2, 0.25) is 0 Å². The molecule has 2 aromatic rings. The average molecular weight is 385 g/mol. The molecule has 0 spiro atoms. The molecule has 0 aliphatic carbocycles. The smallest absolute Gasteiger partial charge is 0.311 e. The number of hydrogen-bond donors (Lipinski definition) is 1. The van der Waals surface area contributed by atoms with E-state index in [0.29, 0.717) is 5.69 Å². The maximum atomic E-state index is 12.4. The van der Waals surface area contributed by atoms with E-state index in [1.807, 2.05) is 24.3 Å². The topological polar surface area (TPSA) is 93.9 Å². The first kappa shape index (κ1) is 19.8. The van der Waals surface area contributed by atoms with Gasteiger partial charge < -0.3 is 14.8 Å². The fraction of sp³-hybridized carbons (Fsp3) is 0.350. The van der Waals surface area contributed by atoms with E-state index in [2.05, 4.69) is 10.2 Å². The molecule has 0 bridgehead atoms. The molecule has 1 aliphatic rings. The predicted octanol–water partition coefficient (Wildman–Crippen LogP) is 2.73. The Morgan fingerprint density at radius 3 is 2.57 bits per heavy atom. The van der Waals surface area contributed by atoms with E-state index in [4.69, 9.17) is 9.47 Å². The number of anilines is 1. The number of amides is 1. The van der Waals surface area contributed by atoms with Crippen LogP contribution in [0.25, 0.3) is 0 Å². The van der Waals surface area contributed by atoms with Crippen LogP contribution < -0.4 is 10.1 Å². The molecule has 0 radical (unpaired) electrons. The van der Waals surface area contributed by atoms with Crippen molar-refractivity contribution in [2.24, 2.45) is 0 Å². The Balaban J connectivity index is 1.59. The van der Waals surface area contributed by atoms with Gasteiger partial charge in [-0.3, -0.25) is 19.8 Å². The van der Waals surface area contributed by atoms with Crippen molar-refractivity contribution in [3.63, 3.8) is 0 Å². The number of ether oxygens (including phenoxy) is 2. The first-order valence-corrected chi connectivity index (χ1v) is 9.09. The van der Waals surface area contributed by atoms with Gasteiger partial charge in [0.1, 0.15) is 0 Å². The lowest BCUT2D eigenvalue weighted by Crippen LogP contribution is -2.37. The molecule has 2 aromatic carbocycles. The zero-order valence-electron chi connectivity index (χ0n) is 15.7. The van der Waals surface area contributed by atoms with E-state index >= 15 is 0 Å². The van der Waals surface area contributed by atoms with Gasteiger partial charge in [-0.1, -0.05) is 12.1 Å². The molecule has 1 N–H and O–H groups in total. The van der Waals surface area contributed by atoms with E-state index < -0.39 is 10.8 Å². The van der Waals surface area contributed by atoms with Gasteiger partial charge in [0, 0.05) is 37.0 Å². The summed E-state index contributed by atoms with van der Waals surface area (Å²) in [4.78, 5) is 25.3. The molecule has 0 saturated carbocycles. The monoisotopic (exact) mass is 385 g/mol. The molecule has 28 heavy (non-hydrogen) atoms. The van der Waals surface area contributed by atoms with Crippen molar-refractivity contribution in [1.29, 1.82) is 0 Å². The minimum Gasteiger partial charge on any atom is -0.490 e. The van der Waals surface area contributed by atoms with Gasteiger partial charge in [0.05, 0.1) is 25.2 Å². The lowest BCUT2D eigenvalue weighted by Gasteiger charge is -2.26. The van der Waals surface area contributed by atoms with Crippen molar-refractivity contribution in [1.82, 2.24) is 4.90 Å². The zero-order valence-corrected chi connectivity index (χ0v) is 15.7. The van der Waals surface area contributed by atoms with Gasteiger partial charge >= 0.3 is 5.69 Å². The maximum Gasteiger partial charge on any atom is 0.311 e. The summed E-state index contributed by atoms with van der Waals surface area (Å²) in [7, 11) is 1.35. The Labute approximate surface area is 163 Å². The summed E-state index contributed by atoms with van der Waals surface area (Å²) < 4.78 is 10.3. The van der Waals surface area contributed by atoms with Crippen molar-refractivity contribution < 1.29 is 19.2 Å². The highest BCUT2D eigenvalue weighted by Crippen LogP contribution is 2.27. The second-order valence-corrected chi connectivity index (χ2v) is 6.50. The zero-order chi connectivity index (χ0) is 19.9. The van der Waals surface area contributed by atoms with Crippen LogP contribution in [0.3, 0.4) is 0 Å². The number of nitrogens with one attached hydrogen (secondary N) is 1. The third-order valence-corrected chi connectivity index (χ3v) is 4.67. The molecule has 1 amide bonds. The molecule has 8 heteroatoms. The van der Waals surface area contributed by atoms with Crippen LogP contribution in [0.1, 0.15) is 15.9 Å². The SMILES string of the molecule is COc1ccc(C(=O)Nc2ccc(CCN3CCOCC3)cc2)cc1[N+](=O)[O-]. The van der Waals surface area contributed by atoms with Gasteiger partial charge in [0.25, 0.3) is 5.91 Å². The van der Waals surface area contributed by atoms with Crippen molar-refractivity contribution >= 4 is 17.3 Å². The molecule has 0 unspecified atom stereocenters. The minimum atomic E-state index is -0.571. The Kier molecular flexibility index (Phi) is 6.57.